The van der Waals surface area contributed by atoms with E-state index in [2.05, 4.69) is 9.97 Å². The van der Waals surface area contributed by atoms with Crippen LogP contribution in [0.3, 0.4) is 0 Å². The highest BCUT2D eigenvalue weighted by Crippen LogP contribution is 2.22. The second-order valence-electron chi connectivity index (χ2n) is 5.44. The van der Waals surface area contributed by atoms with E-state index in [0.29, 0.717) is 5.69 Å². The molecule has 1 unspecified atom stereocenters. The second kappa shape index (κ2) is 6.80. The molecule has 0 fully saturated rings. The van der Waals surface area contributed by atoms with E-state index in [0.717, 1.165) is 10.6 Å². The molecular weight excluding hydrogens is 322 g/mol. The largest absolute Gasteiger partial charge is 0.332 e. The van der Waals surface area contributed by atoms with Crippen LogP contribution in [0.4, 0.5) is 0 Å². The van der Waals surface area contributed by atoms with Crippen molar-refractivity contribution in [1.82, 2.24) is 14.9 Å². The van der Waals surface area contributed by atoms with E-state index in [4.69, 9.17) is 0 Å². The molecule has 0 saturated heterocycles. The van der Waals surface area contributed by atoms with Gasteiger partial charge in [-0.15, -0.1) is 11.3 Å². The van der Waals surface area contributed by atoms with Gasteiger partial charge in [-0.05, 0) is 24.6 Å². The summed E-state index contributed by atoms with van der Waals surface area (Å²) in [5.74, 6) is -0.321. The summed E-state index contributed by atoms with van der Waals surface area (Å²) in [7, 11) is 1.68. The standard InChI is InChI=1S/C18H17N3O2S/c1-12(17-19-10-11-24-17)21(2)18(23)14-8-9-15(20-16(14)22)13-6-4-3-5-7-13/h3-12H,1-2H3,(H,20,22). The first-order valence-corrected chi connectivity index (χ1v) is 8.41. The molecular formula is C18H17N3O2S. The van der Waals surface area contributed by atoms with Gasteiger partial charge in [0.15, 0.2) is 0 Å². The van der Waals surface area contributed by atoms with Crippen LogP contribution in [0.15, 0.2) is 58.8 Å². The van der Waals surface area contributed by atoms with Crippen molar-refractivity contribution in [3.63, 3.8) is 0 Å². The maximum Gasteiger partial charge on any atom is 0.261 e. The molecule has 2 heterocycles. The molecule has 6 heteroatoms. The fourth-order valence-corrected chi connectivity index (χ4v) is 3.14. The van der Waals surface area contributed by atoms with Crippen LogP contribution in [-0.2, 0) is 0 Å². The van der Waals surface area contributed by atoms with Crippen molar-refractivity contribution in [3.8, 4) is 11.3 Å². The highest BCUT2D eigenvalue weighted by atomic mass is 32.1. The average Bonchev–Trinajstić information content (AvgIpc) is 3.15. The maximum absolute atomic E-state index is 12.6. The van der Waals surface area contributed by atoms with Crippen molar-refractivity contribution >= 4 is 17.2 Å². The zero-order valence-corrected chi connectivity index (χ0v) is 14.2. The van der Waals surface area contributed by atoms with Crippen molar-refractivity contribution in [2.24, 2.45) is 0 Å². The Bertz CT molecular complexity index is 888. The highest BCUT2D eigenvalue weighted by molar-refractivity contribution is 7.09. The van der Waals surface area contributed by atoms with Gasteiger partial charge in [0.25, 0.3) is 11.5 Å². The van der Waals surface area contributed by atoms with Crippen molar-refractivity contribution in [1.29, 1.82) is 0 Å². The lowest BCUT2D eigenvalue weighted by Gasteiger charge is -2.23. The van der Waals surface area contributed by atoms with Gasteiger partial charge in [-0.3, -0.25) is 9.59 Å². The molecule has 1 N–H and O–H groups in total. The monoisotopic (exact) mass is 339 g/mol. The zero-order chi connectivity index (χ0) is 17.1. The predicted octanol–water partition coefficient (Wildman–Crippen LogP) is 3.33. The molecule has 0 aliphatic heterocycles. The number of nitrogens with zero attached hydrogens (tertiary/aromatic N) is 2. The number of hydrogen-bond donors (Lipinski definition) is 1. The summed E-state index contributed by atoms with van der Waals surface area (Å²) in [6.45, 7) is 1.89. The number of H-pyrrole nitrogens is 1. The minimum atomic E-state index is -0.389. The number of pyridine rings is 1. The van der Waals surface area contributed by atoms with Gasteiger partial charge in [0.1, 0.15) is 10.6 Å². The molecule has 122 valence electrons. The van der Waals surface area contributed by atoms with Crippen molar-refractivity contribution in [3.05, 3.63) is 75.0 Å². The van der Waals surface area contributed by atoms with Crippen LogP contribution in [0, 0.1) is 0 Å². The maximum atomic E-state index is 12.6. The average molecular weight is 339 g/mol. The summed E-state index contributed by atoms with van der Waals surface area (Å²) in [6.07, 6.45) is 1.70. The van der Waals surface area contributed by atoms with Crippen LogP contribution in [0.2, 0.25) is 0 Å². The number of carbonyl (C=O) groups excluding carboxylic acids is 1. The molecule has 2 aromatic heterocycles. The molecule has 5 nitrogen and oxygen atoms in total. The van der Waals surface area contributed by atoms with Gasteiger partial charge in [0, 0.05) is 24.3 Å². The molecule has 0 saturated carbocycles. The van der Waals surface area contributed by atoms with Gasteiger partial charge in [-0.1, -0.05) is 30.3 Å². The summed E-state index contributed by atoms with van der Waals surface area (Å²) in [6, 6.07) is 12.7. The molecule has 0 bridgehead atoms. The molecule has 24 heavy (non-hydrogen) atoms. The number of hydrogen-bond acceptors (Lipinski definition) is 4. The van der Waals surface area contributed by atoms with Crippen molar-refractivity contribution in [2.45, 2.75) is 13.0 Å². The van der Waals surface area contributed by atoms with E-state index in [-0.39, 0.29) is 23.1 Å². The summed E-state index contributed by atoms with van der Waals surface area (Å²) >= 11 is 1.48. The number of amides is 1. The Hall–Kier alpha value is -2.73. The van der Waals surface area contributed by atoms with Crippen LogP contribution in [0.25, 0.3) is 11.3 Å². The van der Waals surface area contributed by atoms with E-state index in [9.17, 15) is 9.59 Å². The van der Waals surface area contributed by atoms with Crippen LogP contribution in [0.1, 0.15) is 28.3 Å². The van der Waals surface area contributed by atoms with Crippen LogP contribution >= 0.6 is 11.3 Å². The fraction of sp³-hybridized carbons (Fsp3) is 0.167. The topological polar surface area (TPSA) is 66.1 Å². The number of nitrogens with one attached hydrogen (secondary N) is 1. The van der Waals surface area contributed by atoms with Gasteiger partial charge >= 0.3 is 0 Å². The van der Waals surface area contributed by atoms with E-state index < -0.39 is 0 Å². The third-order valence-electron chi connectivity index (χ3n) is 3.93. The fourth-order valence-electron chi connectivity index (χ4n) is 2.40. The summed E-state index contributed by atoms with van der Waals surface area (Å²) in [4.78, 5) is 33.5. The molecule has 1 amide bonds. The lowest BCUT2D eigenvalue weighted by atomic mass is 10.1. The minimum absolute atomic E-state index is 0.126. The Balaban J connectivity index is 1.87. The number of aromatic amines is 1. The van der Waals surface area contributed by atoms with Crippen LogP contribution in [0.5, 0.6) is 0 Å². The Kier molecular flexibility index (Phi) is 4.57. The lowest BCUT2D eigenvalue weighted by Crippen LogP contribution is -2.33. The highest BCUT2D eigenvalue weighted by Gasteiger charge is 2.22. The van der Waals surface area contributed by atoms with Crippen molar-refractivity contribution in [2.75, 3.05) is 7.05 Å². The summed E-state index contributed by atoms with van der Waals surface area (Å²) in [5.41, 5.74) is 1.33. The van der Waals surface area contributed by atoms with E-state index in [1.165, 1.54) is 16.2 Å². The van der Waals surface area contributed by atoms with Crippen LogP contribution in [-0.4, -0.2) is 27.8 Å². The molecule has 1 aromatic carbocycles. The molecule has 3 aromatic rings. The second-order valence-corrected chi connectivity index (χ2v) is 6.37. The minimum Gasteiger partial charge on any atom is -0.332 e. The quantitative estimate of drug-likeness (QED) is 0.793. The number of aromatic nitrogens is 2. The van der Waals surface area contributed by atoms with E-state index in [1.807, 2.05) is 42.6 Å². The third-order valence-corrected chi connectivity index (χ3v) is 4.88. The third kappa shape index (κ3) is 3.14. The van der Waals surface area contributed by atoms with E-state index in [1.54, 1.807) is 25.4 Å². The molecule has 3 rings (SSSR count). The Morgan fingerprint density at radius 3 is 2.58 bits per heavy atom. The first-order chi connectivity index (χ1) is 11.6. The lowest BCUT2D eigenvalue weighted by molar-refractivity contribution is 0.0740. The number of carbonyl (C=O) groups is 1. The zero-order valence-electron chi connectivity index (χ0n) is 13.4. The van der Waals surface area contributed by atoms with Gasteiger partial charge in [-0.25, -0.2) is 4.98 Å². The molecule has 0 aliphatic rings. The Morgan fingerprint density at radius 2 is 1.96 bits per heavy atom. The molecule has 0 spiro atoms. The summed E-state index contributed by atoms with van der Waals surface area (Å²) in [5, 5.41) is 2.70. The van der Waals surface area contributed by atoms with Gasteiger partial charge < -0.3 is 9.88 Å². The molecule has 0 aliphatic carbocycles. The summed E-state index contributed by atoms with van der Waals surface area (Å²) < 4.78 is 0. The van der Waals surface area contributed by atoms with Gasteiger partial charge in [0.05, 0.1) is 6.04 Å². The SMILES string of the molecule is CC(c1nccs1)N(C)C(=O)c1ccc(-c2ccccc2)[nH]c1=O. The van der Waals surface area contributed by atoms with Crippen LogP contribution < -0.4 is 5.56 Å². The molecule has 0 radical (unpaired) electrons. The first-order valence-electron chi connectivity index (χ1n) is 7.53. The van der Waals surface area contributed by atoms with Gasteiger partial charge in [0.2, 0.25) is 0 Å². The smallest absolute Gasteiger partial charge is 0.261 e. The Labute approximate surface area is 143 Å². The number of thiazole rings is 1. The predicted molar refractivity (Wildman–Crippen MR) is 95.1 cm³/mol. The number of benzene rings is 1. The molecule has 1 atom stereocenters. The Morgan fingerprint density at radius 1 is 1.21 bits per heavy atom. The van der Waals surface area contributed by atoms with Gasteiger partial charge in [-0.2, -0.15) is 0 Å². The first kappa shape index (κ1) is 16.1. The van der Waals surface area contributed by atoms with Crippen molar-refractivity contribution < 1.29 is 4.79 Å². The number of rotatable bonds is 4. The van der Waals surface area contributed by atoms with E-state index >= 15 is 0 Å². The normalized spacial score (nSPS) is 11.9.